The van der Waals surface area contributed by atoms with Crippen LogP contribution in [0, 0.1) is 11.3 Å². The standard InChI is InChI=1S/C7H10N2O.C2H7NO/c8-4-3-7(10)9-5-1-2-6-9;3-1-2-4/h1-3,5-6H2;4H,1-3H2. The van der Waals surface area contributed by atoms with E-state index in [0.717, 1.165) is 25.9 Å². The molecule has 1 aliphatic heterocycles. The predicted molar refractivity (Wildman–Crippen MR) is 52.2 cm³/mol. The third-order valence-corrected chi connectivity index (χ3v) is 1.82. The Morgan fingerprint density at radius 2 is 2.00 bits per heavy atom. The highest BCUT2D eigenvalue weighted by Crippen LogP contribution is 2.07. The molecule has 0 aromatic rings. The van der Waals surface area contributed by atoms with Crippen LogP contribution in [0.25, 0.3) is 0 Å². The van der Waals surface area contributed by atoms with Gasteiger partial charge < -0.3 is 15.7 Å². The number of nitrogens with zero attached hydrogens (tertiary/aromatic N) is 2. The third-order valence-electron chi connectivity index (χ3n) is 1.82. The molecule has 1 fully saturated rings. The lowest BCUT2D eigenvalue weighted by molar-refractivity contribution is -0.129. The van der Waals surface area contributed by atoms with Crippen LogP contribution < -0.4 is 5.73 Å². The number of amides is 1. The van der Waals surface area contributed by atoms with E-state index in [1.54, 1.807) is 4.90 Å². The number of hydrogen-bond acceptors (Lipinski definition) is 4. The van der Waals surface area contributed by atoms with Gasteiger partial charge in [-0.25, -0.2) is 0 Å². The summed E-state index contributed by atoms with van der Waals surface area (Å²) in [6, 6.07) is 1.85. The molecule has 1 rings (SSSR count). The van der Waals surface area contributed by atoms with Crippen molar-refractivity contribution >= 4 is 5.91 Å². The van der Waals surface area contributed by atoms with Crippen LogP contribution in [0.15, 0.2) is 0 Å². The van der Waals surface area contributed by atoms with Crippen molar-refractivity contribution in [2.75, 3.05) is 26.2 Å². The van der Waals surface area contributed by atoms with Crippen LogP contribution in [0.5, 0.6) is 0 Å². The number of aliphatic hydroxyl groups is 1. The number of carbonyl (C=O) groups is 1. The smallest absolute Gasteiger partial charge is 0.236 e. The van der Waals surface area contributed by atoms with Crippen LogP contribution in [0.1, 0.15) is 19.3 Å². The number of nitriles is 1. The van der Waals surface area contributed by atoms with Gasteiger partial charge in [-0.2, -0.15) is 5.26 Å². The molecule has 0 bridgehead atoms. The van der Waals surface area contributed by atoms with Crippen LogP contribution >= 0.6 is 0 Å². The van der Waals surface area contributed by atoms with E-state index in [1.165, 1.54) is 0 Å². The van der Waals surface area contributed by atoms with Crippen LogP contribution in [-0.4, -0.2) is 42.2 Å². The molecular weight excluding hydrogens is 182 g/mol. The van der Waals surface area contributed by atoms with Crippen LogP contribution in [0.2, 0.25) is 0 Å². The minimum Gasteiger partial charge on any atom is -0.395 e. The molecule has 5 nitrogen and oxygen atoms in total. The Bertz CT molecular complexity index is 193. The van der Waals surface area contributed by atoms with E-state index >= 15 is 0 Å². The molecule has 1 amide bonds. The van der Waals surface area contributed by atoms with Gasteiger partial charge in [0, 0.05) is 19.6 Å². The first kappa shape index (κ1) is 12.9. The summed E-state index contributed by atoms with van der Waals surface area (Å²) in [4.78, 5) is 12.7. The Balaban J connectivity index is 0.000000364. The SMILES string of the molecule is N#CCC(=O)N1CCCC1.NCCO. The summed E-state index contributed by atoms with van der Waals surface area (Å²) >= 11 is 0. The van der Waals surface area contributed by atoms with Gasteiger partial charge in [0.2, 0.25) is 5.91 Å². The van der Waals surface area contributed by atoms with E-state index in [4.69, 9.17) is 16.1 Å². The number of likely N-dealkylation sites (tertiary alicyclic amines) is 1. The maximum atomic E-state index is 10.9. The van der Waals surface area contributed by atoms with Gasteiger partial charge in [0.05, 0.1) is 12.7 Å². The second-order valence-corrected chi connectivity index (χ2v) is 2.94. The molecule has 1 aliphatic rings. The Labute approximate surface area is 84.1 Å². The minimum atomic E-state index is -0.0139. The molecule has 5 heteroatoms. The molecular formula is C9H17N3O2. The molecule has 0 atom stereocenters. The normalized spacial score (nSPS) is 14.2. The predicted octanol–water partition coefficient (Wildman–Crippen LogP) is -0.540. The Morgan fingerprint density at radius 3 is 2.36 bits per heavy atom. The summed E-state index contributed by atoms with van der Waals surface area (Å²) in [5, 5.41) is 15.9. The largest absolute Gasteiger partial charge is 0.395 e. The summed E-state index contributed by atoms with van der Waals surface area (Å²) in [5.41, 5.74) is 4.78. The molecule has 0 aliphatic carbocycles. The number of aliphatic hydroxyl groups excluding tert-OH is 1. The van der Waals surface area contributed by atoms with Gasteiger partial charge in [-0.15, -0.1) is 0 Å². The topological polar surface area (TPSA) is 90.4 Å². The highest BCUT2D eigenvalue weighted by molar-refractivity contribution is 5.78. The molecule has 0 aromatic carbocycles. The monoisotopic (exact) mass is 199 g/mol. The summed E-state index contributed by atoms with van der Waals surface area (Å²) in [6.07, 6.45) is 2.23. The number of nitrogens with two attached hydrogens (primary N) is 1. The molecule has 3 N–H and O–H groups in total. The van der Waals surface area contributed by atoms with Crippen molar-refractivity contribution in [3.8, 4) is 6.07 Å². The van der Waals surface area contributed by atoms with E-state index in [-0.39, 0.29) is 18.9 Å². The van der Waals surface area contributed by atoms with Gasteiger partial charge in [-0.3, -0.25) is 4.79 Å². The summed E-state index contributed by atoms with van der Waals surface area (Å²) in [6.45, 7) is 2.17. The molecule has 80 valence electrons. The van der Waals surface area contributed by atoms with E-state index in [2.05, 4.69) is 0 Å². The number of hydrogen-bond donors (Lipinski definition) is 2. The maximum Gasteiger partial charge on any atom is 0.236 e. The fourth-order valence-electron chi connectivity index (χ4n) is 1.15. The maximum absolute atomic E-state index is 10.9. The Morgan fingerprint density at radius 1 is 1.50 bits per heavy atom. The van der Waals surface area contributed by atoms with Crippen LogP contribution in [0.3, 0.4) is 0 Å². The van der Waals surface area contributed by atoms with Gasteiger partial charge in [0.15, 0.2) is 0 Å². The summed E-state index contributed by atoms with van der Waals surface area (Å²) in [5.74, 6) is -0.0139. The zero-order valence-electron chi connectivity index (χ0n) is 8.28. The average molecular weight is 199 g/mol. The molecule has 14 heavy (non-hydrogen) atoms. The van der Waals surface area contributed by atoms with E-state index in [1.807, 2.05) is 6.07 Å². The van der Waals surface area contributed by atoms with Crippen LogP contribution in [0.4, 0.5) is 0 Å². The van der Waals surface area contributed by atoms with Gasteiger partial charge in [-0.1, -0.05) is 0 Å². The fourth-order valence-corrected chi connectivity index (χ4v) is 1.15. The van der Waals surface area contributed by atoms with E-state index < -0.39 is 0 Å². The highest BCUT2D eigenvalue weighted by atomic mass is 16.3. The minimum absolute atomic E-state index is 0.0139. The summed E-state index contributed by atoms with van der Waals surface area (Å²) in [7, 11) is 0. The second-order valence-electron chi connectivity index (χ2n) is 2.94. The third kappa shape index (κ3) is 5.51. The molecule has 0 aromatic heterocycles. The fraction of sp³-hybridized carbons (Fsp3) is 0.778. The lowest BCUT2D eigenvalue weighted by atomic mass is 10.4. The zero-order chi connectivity index (χ0) is 10.8. The first-order valence-corrected chi connectivity index (χ1v) is 4.72. The van der Waals surface area contributed by atoms with Crippen molar-refractivity contribution in [3.05, 3.63) is 0 Å². The van der Waals surface area contributed by atoms with Crippen molar-refractivity contribution in [1.82, 2.24) is 4.90 Å². The average Bonchev–Trinajstić information content (AvgIpc) is 2.71. The highest BCUT2D eigenvalue weighted by Gasteiger charge is 2.16. The number of rotatable bonds is 2. The molecule has 1 heterocycles. The van der Waals surface area contributed by atoms with Crippen molar-refractivity contribution in [3.63, 3.8) is 0 Å². The van der Waals surface area contributed by atoms with Crippen molar-refractivity contribution < 1.29 is 9.90 Å². The van der Waals surface area contributed by atoms with Crippen molar-refractivity contribution in [1.29, 1.82) is 5.26 Å². The van der Waals surface area contributed by atoms with Gasteiger partial charge >= 0.3 is 0 Å². The van der Waals surface area contributed by atoms with Gasteiger partial charge in [-0.05, 0) is 12.8 Å². The Kier molecular flexibility index (Phi) is 7.80. The molecule has 0 radical (unpaired) electrons. The zero-order valence-corrected chi connectivity index (χ0v) is 8.28. The first-order chi connectivity index (χ1) is 6.76. The first-order valence-electron chi connectivity index (χ1n) is 4.72. The quantitative estimate of drug-likeness (QED) is 0.625. The van der Waals surface area contributed by atoms with E-state index in [0.29, 0.717) is 6.54 Å². The lowest BCUT2D eigenvalue weighted by Gasteiger charge is -2.11. The number of carbonyl (C=O) groups excluding carboxylic acids is 1. The molecule has 0 saturated carbocycles. The molecule has 0 spiro atoms. The Hall–Kier alpha value is -1.12. The molecule has 0 unspecified atom stereocenters. The van der Waals surface area contributed by atoms with Gasteiger partial charge in [0.25, 0.3) is 0 Å². The van der Waals surface area contributed by atoms with Crippen molar-refractivity contribution in [2.24, 2.45) is 5.73 Å². The van der Waals surface area contributed by atoms with Gasteiger partial charge in [0.1, 0.15) is 6.42 Å². The lowest BCUT2D eigenvalue weighted by Crippen LogP contribution is -2.26. The van der Waals surface area contributed by atoms with Crippen LogP contribution in [-0.2, 0) is 4.79 Å². The van der Waals surface area contributed by atoms with Crippen molar-refractivity contribution in [2.45, 2.75) is 19.3 Å². The second kappa shape index (κ2) is 8.48. The molecule has 1 saturated heterocycles. The summed E-state index contributed by atoms with van der Waals surface area (Å²) < 4.78 is 0. The van der Waals surface area contributed by atoms with E-state index in [9.17, 15) is 4.79 Å².